The monoisotopic (exact) mass is 545 g/mol. The SMILES string of the molecule is Cc1oc(=O)n2cc(-c3nc(-c4ccc(C(=O)Nc5cc(C(F)(F)F)ccn5)cc4)c4c(N)nccn34)ccc12. The average molecular weight is 545 g/mol. The Morgan fingerprint density at radius 1 is 1.00 bits per heavy atom. The number of anilines is 2. The number of nitrogens with zero attached hydrogens (tertiary/aromatic N) is 5. The Morgan fingerprint density at radius 2 is 1.75 bits per heavy atom. The second-order valence-corrected chi connectivity index (χ2v) is 8.87. The first-order valence-corrected chi connectivity index (χ1v) is 11.8. The van der Waals surface area contributed by atoms with Crippen molar-refractivity contribution in [2.45, 2.75) is 13.1 Å². The number of oxazole rings is 1. The number of amides is 1. The van der Waals surface area contributed by atoms with Gasteiger partial charge in [-0.15, -0.1) is 0 Å². The molecule has 5 aromatic heterocycles. The van der Waals surface area contributed by atoms with E-state index in [-0.39, 0.29) is 17.2 Å². The van der Waals surface area contributed by atoms with Crippen LogP contribution in [0.25, 0.3) is 33.7 Å². The van der Waals surface area contributed by atoms with Gasteiger partial charge in [0.2, 0.25) is 0 Å². The Balaban J connectivity index is 1.36. The van der Waals surface area contributed by atoms with Gasteiger partial charge in [0.05, 0.1) is 11.1 Å². The third kappa shape index (κ3) is 4.22. The standard InChI is InChI=1S/C27H18F3N7O3/c1-14-19-7-6-17(13-37(19)26(39)40-14)24-35-21(22-23(31)33-10-11-36(22)24)15-2-4-16(5-3-15)25(38)34-20-12-18(8-9-32-20)27(28,29)30/h2-13H,1H3,(H2,31,33)(H,32,34,38). The van der Waals surface area contributed by atoms with Gasteiger partial charge in [-0.2, -0.15) is 13.2 Å². The van der Waals surface area contributed by atoms with Gasteiger partial charge in [-0.05, 0) is 43.3 Å². The fraction of sp³-hybridized carbons (Fsp3) is 0.0741. The highest BCUT2D eigenvalue weighted by atomic mass is 19.4. The molecule has 10 nitrogen and oxygen atoms in total. The van der Waals surface area contributed by atoms with Crippen LogP contribution in [0, 0.1) is 6.92 Å². The van der Waals surface area contributed by atoms with E-state index < -0.39 is 23.4 Å². The Morgan fingerprint density at radius 3 is 2.50 bits per heavy atom. The summed E-state index contributed by atoms with van der Waals surface area (Å²) in [6.45, 7) is 1.70. The van der Waals surface area contributed by atoms with E-state index in [1.807, 2.05) is 6.07 Å². The molecule has 0 unspecified atom stereocenters. The summed E-state index contributed by atoms with van der Waals surface area (Å²) in [5.74, 6) is -0.187. The van der Waals surface area contributed by atoms with Crippen LogP contribution in [0.4, 0.5) is 24.8 Å². The maximum absolute atomic E-state index is 13.0. The lowest BCUT2D eigenvalue weighted by molar-refractivity contribution is -0.137. The topological polar surface area (TPSA) is 133 Å². The first-order valence-electron chi connectivity index (χ1n) is 11.8. The number of carbonyl (C=O) groups excluding carboxylic acids is 1. The quantitative estimate of drug-likeness (QED) is 0.324. The summed E-state index contributed by atoms with van der Waals surface area (Å²) >= 11 is 0. The highest BCUT2D eigenvalue weighted by molar-refractivity contribution is 6.04. The van der Waals surface area contributed by atoms with Crippen LogP contribution in [0.15, 0.2) is 82.5 Å². The molecule has 0 aliphatic rings. The van der Waals surface area contributed by atoms with Crippen molar-refractivity contribution in [3.63, 3.8) is 0 Å². The predicted molar refractivity (Wildman–Crippen MR) is 140 cm³/mol. The van der Waals surface area contributed by atoms with Crippen molar-refractivity contribution in [3.8, 4) is 22.6 Å². The van der Waals surface area contributed by atoms with Crippen LogP contribution in [0.2, 0.25) is 0 Å². The van der Waals surface area contributed by atoms with Crippen molar-refractivity contribution in [2.24, 2.45) is 0 Å². The van der Waals surface area contributed by atoms with Crippen molar-refractivity contribution < 1.29 is 22.4 Å². The molecule has 40 heavy (non-hydrogen) atoms. The number of nitrogens with two attached hydrogens (primary N) is 1. The van der Waals surface area contributed by atoms with Gasteiger partial charge in [0.15, 0.2) is 0 Å². The van der Waals surface area contributed by atoms with Gasteiger partial charge in [0, 0.05) is 41.5 Å². The van der Waals surface area contributed by atoms with Crippen LogP contribution in [-0.2, 0) is 6.18 Å². The van der Waals surface area contributed by atoms with Crippen LogP contribution in [0.1, 0.15) is 21.7 Å². The third-order valence-electron chi connectivity index (χ3n) is 6.34. The smallest absolute Gasteiger partial charge is 0.412 e. The Hall–Kier alpha value is -5.46. The molecular weight excluding hydrogens is 527 g/mol. The molecular formula is C27H18F3N7O3. The lowest BCUT2D eigenvalue weighted by atomic mass is 10.1. The lowest BCUT2D eigenvalue weighted by Gasteiger charge is -2.09. The summed E-state index contributed by atoms with van der Waals surface area (Å²) in [5.41, 5.74) is 8.33. The highest BCUT2D eigenvalue weighted by Gasteiger charge is 2.31. The predicted octanol–water partition coefficient (Wildman–Crippen LogP) is 4.83. The molecule has 0 saturated carbocycles. The van der Waals surface area contributed by atoms with Crippen molar-refractivity contribution in [2.75, 3.05) is 11.1 Å². The summed E-state index contributed by atoms with van der Waals surface area (Å²) in [7, 11) is 0. The van der Waals surface area contributed by atoms with Crippen LogP contribution in [-0.4, -0.2) is 29.7 Å². The van der Waals surface area contributed by atoms with Gasteiger partial charge >= 0.3 is 11.9 Å². The van der Waals surface area contributed by atoms with E-state index in [0.717, 1.165) is 18.3 Å². The number of nitrogen functional groups attached to an aromatic ring is 1. The number of alkyl halides is 3. The van der Waals surface area contributed by atoms with Gasteiger partial charge in [0.25, 0.3) is 5.91 Å². The molecule has 0 aliphatic heterocycles. The summed E-state index contributed by atoms with van der Waals surface area (Å²) in [5, 5.41) is 2.38. The van der Waals surface area contributed by atoms with Crippen LogP contribution < -0.4 is 16.8 Å². The fourth-order valence-corrected chi connectivity index (χ4v) is 4.42. The highest BCUT2D eigenvalue weighted by Crippen LogP contribution is 2.33. The van der Waals surface area contributed by atoms with E-state index in [1.54, 1.807) is 41.9 Å². The molecule has 6 aromatic rings. The lowest BCUT2D eigenvalue weighted by Crippen LogP contribution is -2.14. The summed E-state index contributed by atoms with van der Waals surface area (Å²) in [6, 6.07) is 11.4. The van der Waals surface area contributed by atoms with E-state index in [2.05, 4.69) is 15.3 Å². The number of fused-ring (bicyclic) bond motifs is 2. The van der Waals surface area contributed by atoms with E-state index in [0.29, 0.717) is 39.4 Å². The van der Waals surface area contributed by atoms with Gasteiger partial charge in [-0.25, -0.2) is 24.1 Å². The Bertz CT molecular complexity index is 1990. The normalized spacial score (nSPS) is 11.8. The zero-order chi connectivity index (χ0) is 28.2. The van der Waals surface area contributed by atoms with E-state index >= 15 is 0 Å². The number of hydrogen-bond acceptors (Lipinski definition) is 7. The molecule has 0 radical (unpaired) electrons. The molecule has 200 valence electrons. The Kier molecular flexibility index (Phi) is 5.64. The molecule has 1 aromatic carbocycles. The van der Waals surface area contributed by atoms with E-state index in [4.69, 9.17) is 15.1 Å². The number of nitrogens with one attached hydrogen (secondary N) is 1. The minimum atomic E-state index is -4.56. The van der Waals surface area contributed by atoms with E-state index in [9.17, 15) is 22.8 Å². The molecule has 0 aliphatic carbocycles. The first kappa shape index (κ1) is 24.9. The summed E-state index contributed by atoms with van der Waals surface area (Å²) in [4.78, 5) is 37.7. The minimum absolute atomic E-state index is 0.193. The number of hydrogen-bond donors (Lipinski definition) is 2. The van der Waals surface area contributed by atoms with Gasteiger partial charge in [0.1, 0.15) is 34.4 Å². The number of carbonyl (C=O) groups is 1. The molecule has 1 amide bonds. The number of halogens is 3. The number of benzene rings is 1. The number of aryl methyl sites for hydroxylation is 1. The van der Waals surface area contributed by atoms with Gasteiger partial charge in [-0.3, -0.25) is 9.20 Å². The second kappa shape index (κ2) is 9.08. The van der Waals surface area contributed by atoms with E-state index in [1.165, 1.54) is 22.7 Å². The number of aromatic nitrogens is 5. The minimum Gasteiger partial charge on any atom is -0.412 e. The van der Waals surface area contributed by atoms with Crippen molar-refractivity contribution in [3.05, 3.63) is 101 Å². The van der Waals surface area contributed by atoms with Crippen molar-refractivity contribution in [1.29, 1.82) is 0 Å². The van der Waals surface area contributed by atoms with Crippen molar-refractivity contribution in [1.82, 2.24) is 23.8 Å². The molecule has 3 N–H and O–H groups in total. The average Bonchev–Trinajstić information content (AvgIpc) is 3.46. The summed E-state index contributed by atoms with van der Waals surface area (Å²) in [6.07, 6.45) is 1.25. The second-order valence-electron chi connectivity index (χ2n) is 8.87. The largest absolute Gasteiger partial charge is 0.423 e. The molecule has 6 rings (SSSR count). The molecule has 0 atom stereocenters. The molecule has 0 fully saturated rings. The number of imidazole rings is 1. The van der Waals surface area contributed by atoms with Crippen LogP contribution >= 0.6 is 0 Å². The van der Waals surface area contributed by atoms with Crippen LogP contribution in [0.3, 0.4) is 0 Å². The molecule has 0 spiro atoms. The zero-order valence-electron chi connectivity index (χ0n) is 20.6. The maximum atomic E-state index is 13.0. The zero-order valence-corrected chi connectivity index (χ0v) is 20.6. The third-order valence-corrected chi connectivity index (χ3v) is 6.34. The maximum Gasteiger partial charge on any atom is 0.423 e. The first-order chi connectivity index (χ1) is 19.1. The van der Waals surface area contributed by atoms with Gasteiger partial charge < -0.3 is 15.5 Å². The van der Waals surface area contributed by atoms with Gasteiger partial charge in [-0.1, -0.05) is 12.1 Å². The fourth-order valence-electron chi connectivity index (χ4n) is 4.42. The molecule has 5 heterocycles. The molecule has 13 heteroatoms. The Labute approximate surface area is 222 Å². The summed E-state index contributed by atoms with van der Waals surface area (Å²) < 4.78 is 47.3. The van der Waals surface area contributed by atoms with Crippen molar-refractivity contribution >= 4 is 28.6 Å². The molecule has 0 bridgehead atoms. The number of pyridine rings is 2. The number of rotatable bonds is 4. The molecule has 0 saturated heterocycles. The van der Waals surface area contributed by atoms with Crippen LogP contribution in [0.5, 0.6) is 0 Å².